The van der Waals surface area contributed by atoms with E-state index in [9.17, 15) is 14.4 Å². The zero-order chi connectivity index (χ0) is 29.8. The molecule has 0 saturated heterocycles. The Balaban J connectivity index is 1.87. The lowest BCUT2D eigenvalue weighted by Gasteiger charge is -2.28. The smallest absolute Gasteiger partial charge is 0.337 e. The molecule has 0 aliphatic carbocycles. The van der Waals surface area contributed by atoms with Gasteiger partial charge in [0.15, 0.2) is 11.5 Å². The number of ether oxygens (including phenoxy) is 5. The molecular weight excluding hydrogens is 548 g/mol. The van der Waals surface area contributed by atoms with Crippen molar-refractivity contribution < 1.29 is 38.1 Å². The Bertz CT molecular complexity index is 1530. The van der Waals surface area contributed by atoms with E-state index in [-0.39, 0.29) is 28.5 Å². The van der Waals surface area contributed by atoms with Crippen molar-refractivity contribution in [3.63, 3.8) is 0 Å². The Labute approximate surface area is 241 Å². The third kappa shape index (κ3) is 5.36. The second kappa shape index (κ2) is 12.2. The zero-order valence-corrected chi connectivity index (χ0v) is 24.1. The highest BCUT2D eigenvalue weighted by Crippen LogP contribution is 2.51. The van der Waals surface area contributed by atoms with Crippen molar-refractivity contribution in [1.82, 2.24) is 0 Å². The van der Waals surface area contributed by atoms with Crippen LogP contribution in [0, 0.1) is 0 Å². The van der Waals surface area contributed by atoms with Crippen LogP contribution in [-0.2, 0) is 14.3 Å². The Morgan fingerprint density at radius 3 is 2.15 bits per heavy atom. The number of carbonyl (C=O) groups is 3. The van der Waals surface area contributed by atoms with Crippen LogP contribution in [0.5, 0.6) is 17.2 Å². The summed E-state index contributed by atoms with van der Waals surface area (Å²) >= 11 is 1.17. The van der Waals surface area contributed by atoms with Gasteiger partial charge in [0.1, 0.15) is 11.5 Å². The molecule has 1 atom stereocenters. The highest BCUT2D eigenvalue weighted by Gasteiger charge is 2.38. The SMILES string of the molecule is C=CCOC(=O)C1=C(C)Nc2sc(C(=O)c3cc(OC)c(OC)c(OC)c3)c(N)c2C1c1ccc(C(=O)OC)cc1. The number of hydrogen-bond acceptors (Lipinski definition) is 11. The van der Waals surface area contributed by atoms with Gasteiger partial charge in [0.05, 0.1) is 50.3 Å². The summed E-state index contributed by atoms with van der Waals surface area (Å²) < 4.78 is 26.4. The lowest BCUT2D eigenvalue weighted by atomic mass is 9.81. The van der Waals surface area contributed by atoms with Gasteiger partial charge in [-0.3, -0.25) is 4.79 Å². The minimum absolute atomic E-state index is 0.0143. The summed E-state index contributed by atoms with van der Waals surface area (Å²) in [5.74, 6) is -1.12. The van der Waals surface area contributed by atoms with Crippen molar-refractivity contribution in [1.29, 1.82) is 0 Å². The fourth-order valence-electron chi connectivity index (χ4n) is 4.69. The molecule has 0 bridgehead atoms. The number of allylic oxidation sites excluding steroid dienone is 1. The van der Waals surface area contributed by atoms with E-state index in [0.29, 0.717) is 50.2 Å². The van der Waals surface area contributed by atoms with Gasteiger partial charge in [-0.05, 0) is 36.8 Å². The summed E-state index contributed by atoms with van der Waals surface area (Å²) in [6.45, 7) is 5.38. The van der Waals surface area contributed by atoms with E-state index in [0.717, 1.165) is 0 Å². The average Bonchev–Trinajstić information content (AvgIpc) is 3.32. The van der Waals surface area contributed by atoms with E-state index in [1.807, 2.05) is 0 Å². The lowest BCUT2D eigenvalue weighted by molar-refractivity contribution is -0.138. The minimum Gasteiger partial charge on any atom is -0.493 e. The third-order valence-electron chi connectivity index (χ3n) is 6.62. The first kappa shape index (κ1) is 29.2. The number of rotatable bonds is 10. The number of nitrogens with one attached hydrogen (secondary N) is 1. The zero-order valence-electron chi connectivity index (χ0n) is 23.3. The summed E-state index contributed by atoms with van der Waals surface area (Å²) in [6, 6.07) is 9.76. The minimum atomic E-state index is -0.687. The molecule has 0 fully saturated rings. The highest BCUT2D eigenvalue weighted by molar-refractivity contribution is 7.19. The van der Waals surface area contributed by atoms with Gasteiger partial charge in [-0.2, -0.15) is 0 Å². The van der Waals surface area contributed by atoms with Gasteiger partial charge in [0, 0.05) is 22.7 Å². The van der Waals surface area contributed by atoms with Crippen LogP contribution >= 0.6 is 11.3 Å². The quantitative estimate of drug-likeness (QED) is 0.194. The number of methoxy groups -OCH3 is 4. The molecule has 2 heterocycles. The molecule has 0 amide bonds. The number of nitrogen functional groups attached to an aromatic ring is 1. The van der Waals surface area contributed by atoms with E-state index in [1.54, 1.807) is 43.3 Å². The van der Waals surface area contributed by atoms with Gasteiger partial charge < -0.3 is 34.7 Å². The fourth-order valence-corrected chi connectivity index (χ4v) is 5.87. The highest BCUT2D eigenvalue weighted by atomic mass is 32.1. The molecule has 1 unspecified atom stereocenters. The second-order valence-electron chi connectivity index (χ2n) is 8.93. The van der Waals surface area contributed by atoms with Crippen LogP contribution in [0.1, 0.15) is 49.6 Å². The maximum absolute atomic E-state index is 13.8. The Morgan fingerprint density at radius 1 is 0.976 bits per heavy atom. The summed E-state index contributed by atoms with van der Waals surface area (Å²) in [7, 11) is 5.70. The third-order valence-corrected chi connectivity index (χ3v) is 7.75. The molecule has 1 aliphatic heterocycles. The molecule has 41 heavy (non-hydrogen) atoms. The molecule has 1 aliphatic rings. The summed E-state index contributed by atoms with van der Waals surface area (Å²) in [6.07, 6.45) is 1.47. The number of carbonyl (C=O) groups excluding carboxylic acids is 3. The van der Waals surface area contributed by atoms with Crippen molar-refractivity contribution in [3.8, 4) is 17.2 Å². The number of fused-ring (bicyclic) bond motifs is 1. The summed E-state index contributed by atoms with van der Waals surface area (Å²) in [4.78, 5) is 39.4. The number of thiophene rings is 1. The molecule has 11 heteroatoms. The van der Waals surface area contributed by atoms with Gasteiger partial charge in [-0.1, -0.05) is 24.8 Å². The van der Waals surface area contributed by atoms with Gasteiger partial charge in [0.25, 0.3) is 0 Å². The normalized spacial score (nSPS) is 13.9. The van der Waals surface area contributed by atoms with Crippen molar-refractivity contribution in [2.24, 2.45) is 0 Å². The number of ketones is 1. The summed E-state index contributed by atoms with van der Waals surface area (Å²) in [5, 5.41) is 3.84. The van der Waals surface area contributed by atoms with Gasteiger partial charge >= 0.3 is 11.9 Å². The van der Waals surface area contributed by atoms with E-state index >= 15 is 0 Å². The molecule has 0 saturated carbocycles. The molecule has 4 rings (SSSR count). The van der Waals surface area contributed by atoms with Crippen LogP contribution in [-0.4, -0.2) is 52.8 Å². The number of esters is 2. The van der Waals surface area contributed by atoms with Gasteiger partial charge in [0.2, 0.25) is 11.5 Å². The molecule has 1 aromatic heterocycles. The predicted molar refractivity (Wildman–Crippen MR) is 155 cm³/mol. The Hall–Kier alpha value is -4.77. The van der Waals surface area contributed by atoms with Crippen LogP contribution in [0.2, 0.25) is 0 Å². The van der Waals surface area contributed by atoms with Crippen LogP contribution in [0.3, 0.4) is 0 Å². The van der Waals surface area contributed by atoms with Gasteiger partial charge in [-0.15, -0.1) is 11.3 Å². The first-order valence-corrected chi connectivity index (χ1v) is 13.2. The first-order valence-electron chi connectivity index (χ1n) is 12.4. The van der Waals surface area contributed by atoms with Gasteiger partial charge in [-0.25, -0.2) is 9.59 Å². The Morgan fingerprint density at radius 2 is 1.61 bits per heavy atom. The van der Waals surface area contributed by atoms with Crippen molar-refractivity contribution in [2.45, 2.75) is 12.8 Å². The monoisotopic (exact) mass is 578 g/mol. The molecule has 3 aromatic rings. The van der Waals surface area contributed by atoms with E-state index in [4.69, 9.17) is 29.4 Å². The van der Waals surface area contributed by atoms with Crippen molar-refractivity contribution in [3.05, 3.63) is 87.5 Å². The van der Waals surface area contributed by atoms with Crippen molar-refractivity contribution in [2.75, 3.05) is 46.1 Å². The second-order valence-corrected chi connectivity index (χ2v) is 9.95. The molecule has 0 radical (unpaired) electrons. The largest absolute Gasteiger partial charge is 0.493 e. The maximum atomic E-state index is 13.8. The molecular formula is C30H30N2O8S. The first-order chi connectivity index (χ1) is 19.7. The molecule has 2 aromatic carbocycles. The summed E-state index contributed by atoms with van der Waals surface area (Å²) in [5.41, 5.74) is 9.60. The maximum Gasteiger partial charge on any atom is 0.337 e. The number of benzene rings is 2. The molecule has 214 valence electrons. The molecule has 10 nitrogen and oxygen atoms in total. The van der Waals surface area contributed by atoms with E-state index in [1.165, 1.54) is 45.9 Å². The molecule has 3 N–H and O–H groups in total. The topological polar surface area (TPSA) is 135 Å². The number of hydrogen-bond donors (Lipinski definition) is 2. The number of anilines is 2. The Kier molecular flexibility index (Phi) is 8.68. The predicted octanol–water partition coefficient (Wildman–Crippen LogP) is 4.93. The van der Waals surface area contributed by atoms with Crippen LogP contribution in [0.4, 0.5) is 10.7 Å². The number of nitrogens with two attached hydrogens (primary N) is 1. The van der Waals surface area contributed by atoms with E-state index in [2.05, 4.69) is 11.9 Å². The molecule has 0 spiro atoms. The fraction of sp³-hybridized carbons (Fsp3) is 0.233. The standard InChI is InChI=1S/C30H30N2O8S/c1-7-12-40-30(35)21-15(2)32-28-23(22(21)16-8-10-17(11-9-16)29(34)39-6)24(31)27(41-28)25(33)18-13-19(36-3)26(38-5)20(14-18)37-4/h7-11,13-14,22,32H,1,12,31H2,2-6H3. The lowest BCUT2D eigenvalue weighted by Crippen LogP contribution is -2.24. The van der Waals surface area contributed by atoms with E-state index < -0.39 is 17.9 Å². The van der Waals surface area contributed by atoms with Crippen molar-refractivity contribution >= 4 is 39.7 Å². The van der Waals surface area contributed by atoms with Crippen LogP contribution in [0.25, 0.3) is 0 Å². The van der Waals surface area contributed by atoms with Crippen LogP contribution < -0.4 is 25.3 Å². The van der Waals surface area contributed by atoms with Crippen LogP contribution in [0.15, 0.2) is 60.3 Å². The average molecular weight is 579 g/mol.